The summed E-state index contributed by atoms with van der Waals surface area (Å²) in [6.07, 6.45) is 0.438. The number of nitro groups is 1. The van der Waals surface area contributed by atoms with Crippen molar-refractivity contribution in [3.63, 3.8) is 0 Å². The fourth-order valence-corrected chi connectivity index (χ4v) is 3.25. The second-order valence-electron chi connectivity index (χ2n) is 6.53. The maximum atomic E-state index is 13.1. The molecule has 1 saturated heterocycles. The number of piperidine rings is 1. The Kier molecular flexibility index (Phi) is 6.22. The van der Waals surface area contributed by atoms with Crippen molar-refractivity contribution in [2.45, 2.75) is 19.3 Å². The number of non-ortho nitro benzene ring substituents is 1. The van der Waals surface area contributed by atoms with E-state index in [4.69, 9.17) is 11.6 Å². The number of hydrazine groups is 1. The van der Waals surface area contributed by atoms with Crippen LogP contribution < -0.4 is 0 Å². The highest BCUT2D eigenvalue weighted by atomic mass is 35.5. The van der Waals surface area contributed by atoms with Gasteiger partial charge in [-0.3, -0.25) is 29.3 Å². The Bertz CT molecular complexity index is 1040. The van der Waals surface area contributed by atoms with Crippen LogP contribution in [0, 0.1) is 10.1 Å². The quantitative estimate of drug-likeness (QED) is 0.301. The lowest BCUT2D eigenvalue weighted by atomic mass is 10.1. The van der Waals surface area contributed by atoms with Crippen molar-refractivity contribution in [1.29, 1.82) is 0 Å². The average molecular weight is 430 g/mol. The van der Waals surface area contributed by atoms with Gasteiger partial charge in [0.15, 0.2) is 5.78 Å². The first-order valence-electron chi connectivity index (χ1n) is 8.99. The number of nitrogens with zero attached hydrogens (tertiary/aromatic N) is 3. The predicted octanol–water partition coefficient (Wildman–Crippen LogP) is 3.03. The maximum absolute atomic E-state index is 13.1. The van der Waals surface area contributed by atoms with Gasteiger partial charge in [0.25, 0.3) is 11.6 Å². The molecular formula is C20H16ClN3O6. The summed E-state index contributed by atoms with van der Waals surface area (Å²) in [5.74, 6) is -2.70. The van der Waals surface area contributed by atoms with Crippen molar-refractivity contribution < 1.29 is 24.1 Å². The summed E-state index contributed by atoms with van der Waals surface area (Å²) in [6.45, 7) is -0.664. The summed E-state index contributed by atoms with van der Waals surface area (Å²) in [5, 5.41) is 12.5. The lowest BCUT2D eigenvalue weighted by Crippen LogP contribution is -2.56. The third kappa shape index (κ3) is 4.36. The first-order chi connectivity index (χ1) is 14.3. The van der Waals surface area contributed by atoms with E-state index < -0.39 is 35.0 Å². The number of imide groups is 1. The second kappa shape index (κ2) is 8.83. The molecule has 2 aromatic carbocycles. The minimum absolute atomic E-state index is 0.0113. The van der Waals surface area contributed by atoms with Gasteiger partial charge < -0.3 is 0 Å². The molecule has 3 amide bonds. The van der Waals surface area contributed by atoms with Gasteiger partial charge in [-0.15, -0.1) is 0 Å². The van der Waals surface area contributed by atoms with Crippen LogP contribution in [0.4, 0.5) is 5.69 Å². The number of carbonyl (C=O) groups is 4. The predicted molar refractivity (Wildman–Crippen MR) is 106 cm³/mol. The lowest BCUT2D eigenvalue weighted by molar-refractivity contribution is -0.384. The molecule has 0 bridgehead atoms. The van der Waals surface area contributed by atoms with Gasteiger partial charge >= 0.3 is 0 Å². The average Bonchev–Trinajstić information content (AvgIpc) is 2.72. The van der Waals surface area contributed by atoms with Crippen molar-refractivity contribution >= 4 is 40.8 Å². The van der Waals surface area contributed by atoms with Gasteiger partial charge in [-0.25, -0.2) is 5.01 Å². The zero-order valence-corrected chi connectivity index (χ0v) is 16.4. The molecule has 0 aromatic heterocycles. The highest BCUT2D eigenvalue weighted by molar-refractivity contribution is 6.34. The Labute approximate surface area is 175 Å². The number of halogens is 1. The van der Waals surface area contributed by atoms with Gasteiger partial charge in [0.2, 0.25) is 11.8 Å². The van der Waals surface area contributed by atoms with Gasteiger partial charge in [-0.05, 0) is 18.6 Å². The summed E-state index contributed by atoms with van der Waals surface area (Å²) in [4.78, 5) is 61.1. The van der Waals surface area contributed by atoms with E-state index in [9.17, 15) is 29.3 Å². The molecule has 30 heavy (non-hydrogen) atoms. The summed E-state index contributed by atoms with van der Waals surface area (Å²) in [6, 6.07) is 11.0. The van der Waals surface area contributed by atoms with Gasteiger partial charge in [0.05, 0.1) is 15.5 Å². The molecule has 154 valence electrons. The SMILES string of the molecule is O=C(CN(C(=O)c1ccccc1Cl)N1C(=O)CCCC1=O)c1cccc([N+](=O)[O-])c1. The van der Waals surface area contributed by atoms with Crippen molar-refractivity contribution in [1.82, 2.24) is 10.0 Å². The zero-order valence-electron chi connectivity index (χ0n) is 15.6. The number of carbonyl (C=O) groups excluding carboxylic acids is 4. The molecule has 0 radical (unpaired) electrons. The Balaban J connectivity index is 1.98. The summed E-state index contributed by atoms with van der Waals surface area (Å²) < 4.78 is 0. The molecule has 9 nitrogen and oxygen atoms in total. The van der Waals surface area contributed by atoms with Gasteiger partial charge in [0.1, 0.15) is 6.54 Å². The molecule has 0 aliphatic carbocycles. The first-order valence-corrected chi connectivity index (χ1v) is 9.37. The zero-order chi connectivity index (χ0) is 21.8. The van der Waals surface area contributed by atoms with Gasteiger partial charge in [-0.2, -0.15) is 5.01 Å². The molecule has 1 heterocycles. The van der Waals surface area contributed by atoms with E-state index in [2.05, 4.69) is 0 Å². The Hall–Kier alpha value is -3.59. The van der Waals surface area contributed by atoms with Crippen LogP contribution >= 0.6 is 11.6 Å². The van der Waals surface area contributed by atoms with Crippen LogP contribution in [0.25, 0.3) is 0 Å². The first kappa shape index (κ1) is 21.1. The van der Waals surface area contributed by atoms with E-state index in [1.807, 2.05) is 0 Å². The van der Waals surface area contributed by atoms with Crippen LogP contribution in [-0.4, -0.2) is 45.0 Å². The fraction of sp³-hybridized carbons (Fsp3) is 0.200. The van der Waals surface area contributed by atoms with Crippen LogP contribution in [0.15, 0.2) is 48.5 Å². The fourth-order valence-electron chi connectivity index (χ4n) is 3.04. The normalized spacial score (nSPS) is 13.8. The number of benzene rings is 2. The maximum Gasteiger partial charge on any atom is 0.274 e. The van der Waals surface area contributed by atoms with E-state index in [1.54, 1.807) is 12.1 Å². The smallest absolute Gasteiger partial charge is 0.274 e. The highest BCUT2D eigenvalue weighted by Gasteiger charge is 2.36. The molecule has 1 aliphatic heterocycles. The van der Waals surface area contributed by atoms with E-state index in [0.717, 1.165) is 11.1 Å². The molecule has 2 aromatic rings. The number of hydrogen-bond donors (Lipinski definition) is 0. The van der Waals surface area contributed by atoms with E-state index in [-0.39, 0.29) is 34.7 Å². The highest BCUT2D eigenvalue weighted by Crippen LogP contribution is 2.22. The van der Waals surface area contributed by atoms with Crippen LogP contribution in [-0.2, 0) is 9.59 Å². The van der Waals surface area contributed by atoms with Crippen LogP contribution in [0.3, 0.4) is 0 Å². The molecule has 10 heteroatoms. The minimum Gasteiger partial charge on any atom is -0.292 e. The Morgan fingerprint density at radius 3 is 2.37 bits per heavy atom. The molecule has 1 aliphatic rings. The molecule has 0 atom stereocenters. The minimum atomic E-state index is -0.803. The number of ketones is 1. The van der Waals surface area contributed by atoms with E-state index in [0.29, 0.717) is 11.4 Å². The monoisotopic (exact) mass is 429 g/mol. The topological polar surface area (TPSA) is 118 Å². The molecule has 0 saturated carbocycles. The summed E-state index contributed by atoms with van der Waals surface area (Å²) in [5.41, 5.74) is -0.315. The molecule has 1 fully saturated rings. The molecule has 0 spiro atoms. The van der Waals surface area contributed by atoms with Crippen molar-refractivity contribution in [3.05, 3.63) is 74.8 Å². The van der Waals surface area contributed by atoms with E-state index in [1.165, 1.54) is 30.3 Å². The summed E-state index contributed by atoms with van der Waals surface area (Å²) >= 11 is 6.09. The van der Waals surface area contributed by atoms with Gasteiger partial charge in [0, 0.05) is 30.5 Å². The van der Waals surface area contributed by atoms with Crippen LogP contribution in [0.2, 0.25) is 5.02 Å². The Morgan fingerprint density at radius 2 is 1.73 bits per heavy atom. The lowest BCUT2D eigenvalue weighted by Gasteiger charge is -2.35. The summed E-state index contributed by atoms with van der Waals surface area (Å²) in [7, 11) is 0. The largest absolute Gasteiger partial charge is 0.292 e. The van der Waals surface area contributed by atoms with E-state index >= 15 is 0 Å². The molecule has 0 N–H and O–H groups in total. The van der Waals surface area contributed by atoms with Crippen LogP contribution in [0.1, 0.15) is 40.0 Å². The third-order valence-electron chi connectivity index (χ3n) is 4.51. The molecule has 3 rings (SSSR count). The van der Waals surface area contributed by atoms with Crippen molar-refractivity contribution in [3.8, 4) is 0 Å². The third-order valence-corrected chi connectivity index (χ3v) is 4.84. The second-order valence-corrected chi connectivity index (χ2v) is 6.93. The Morgan fingerprint density at radius 1 is 1.07 bits per heavy atom. The number of amides is 3. The standard InChI is InChI=1S/C20H16ClN3O6/c21-16-8-2-1-7-15(16)20(28)22(23-18(26)9-4-10-19(23)27)12-17(25)13-5-3-6-14(11-13)24(29)30/h1-3,5-8,11H,4,9-10,12H2. The number of rotatable bonds is 6. The molecule has 0 unspecified atom stereocenters. The molecular weight excluding hydrogens is 414 g/mol. The number of Topliss-reactive ketones (excluding diaryl/α,β-unsaturated/α-hetero) is 1. The van der Waals surface area contributed by atoms with Crippen LogP contribution in [0.5, 0.6) is 0 Å². The number of hydrogen-bond acceptors (Lipinski definition) is 6. The van der Waals surface area contributed by atoms with Gasteiger partial charge in [-0.1, -0.05) is 35.9 Å². The van der Waals surface area contributed by atoms with Crippen molar-refractivity contribution in [2.75, 3.05) is 6.54 Å². The van der Waals surface area contributed by atoms with Crippen molar-refractivity contribution in [2.24, 2.45) is 0 Å². The number of nitro benzene ring substituents is 1.